The second-order valence-corrected chi connectivity index (χ2v) is 6.54. The Morgan fingerprint density at radius 2 is 2.17 bits per heavy atom. The predicted octanol–water partition coefficient (Wildman–Crippen LogP) is 2.12. The summed E-state index contributed by atoms with van der Waals surface area (Å²) >= 11 is 1.92. The van der Waals surface area contributed by atoms with Gasteiger partial charge in [0.2, 0.25) is 5.89 Å². The Labute approximate surface area is 112 Å². The van der Waals surface area contributed by atoms with Gasteiger partial charge in [0, 0.05) is 11.3 Å². The molecule has 102 valence electrons. The third kappa shape index (κ3) is 3.88. The Kier molecular flexibility index (Phi) is 4.50. The highest BCUT2D eigenvalue weighted by molar-refractivity contribution is 8.00. The van der Waals surface area contributed by atoms with Crippen LogP contribution in [0, 0.1) is 5.92 Å². The molecule has 2 N–H and O–H groups in total. The van der Waals surface area contributed by atoms with E-state index < -0.39 is 0 Å². The maximum Gasteiger partial charge on any atom is 0.315 e. The van der Waals surface area contributed by atoms with E-state index in [4.69, 9.17) is 4.42 Å². The van der Waals surface area contributed by atoms with Gasteiger partial charge in [-0.25, -0.2) is 0 Å². The number of hydrogen-bond donors (Lipinski definition) is 2. The van der Waals surface area contributed by atoms with Crippen LogP contribution in [0.5, 0.6) is 0 Å². The van der Waals surface area contributed by atoms with E-state index in [1.54, 1.807) is 0 Å². The van der Waals surface area contributed by atoms with E-state index in [0.29, 0.717) is 29.1 Å². The molecule has 0 atom stereocenters. The van der Waals surface area contributed by atoms with Crippen molar-refractivity contribution >= 4 is 17.8 Å². The second-order valence-electron chi connectivity index (χ2n) is 5.27. The average molecular weight is 270 g/mol. The van der Waals surface area contributed by atoms with Gasteiger partial charge in [-0.2, -0.15) is 11.8 Å². The van der Waals surface area contributed by atoms with Crippen molar-refractivity contribution < 1.29 is 4.42 Å². The van der Waals surface area contributed by atoms with Gasteiger partial charge in [-0.05, 0) is 31.6 Å². The number of nitrogens with one attached hydrogen (secondary N) is 2. The lowest BCUT2D eigenvalue weighted by Gasteiger charge is -2.10. The van der Waals surface area contributed by atoms with E-state index >= 15 is 0 Å². The molecule has 1 fully saturated rings. The molecule has 0 amide bonds. The quantitative estimate of drug-likeness (QED) is 0.754. The molecule has 0 unspecified atom stereocenters. The van der Waals surface area contributed by atoms with Gasteiger partial charge < -0.3 is 15.1 Å². The number of hydrogen-bond acceptors (Lipinski definition) is 6. The zero-order chi connectivity index (χ0) is 13.0. The highest BCUT2D eigenvalue weighted by Crippen LogP contribution is 2.46. The molecule has 0 saturated heterocycles. The summed E-state index contributed by atoms with van der Waals surface area (Å²) in [7, 11) is 0. The van der Waals surface area contributed by atoms with E-state index in [0.717, 1.165) is 13.1 Å². The molecule has 0 spiro atoms. The normalized spacial score (nSPS) is 17.1. The lowest BCUT2D eigenvalue weighted by molar-refractivity contribution is 0.458. The van der Waals surface area contributed by atoms with Crippen molar-refractivity contribution in [2.75, 3.05) is 24.7 Å². The molecule has 1 aromatic rings. The van der Waals surface area contributed by atoms with Crippen LogP contribution in [0.25, 0.3) is 0 Å². The van der Waals surface area contributed by atoms with E-state index in [9.17, 15) is 0 Å². The summed E-state index contributed by atoms with van der Waals surface area (Å²) in [5, 5.41) is 14.5. The van der Waals surface area contributed by atoms with Crippen LogP contribution in [0.3, 0.4) is 0 Å². The van der Waals surface area contributed by atoms with Crippen molar-refractivity contribution in [2.24, 2.45) is 5.92 Å². The average Bonchev–Trinajstić information content (AvgIpc) is 3.00. The van der Waals surface area contributed by atoms with Crippen molar-refractivity contribution in [3.63, 3.8) is 0 Å². The van der Waals surface area contributed by atoms with Crippen LogP contribution >= 0.6 is 11.8 Å². The first-order valence-corrected chi connectivity index (χ1v) is 7.68. The summed E-state index contributed by atoms with van der Waals surface area (Å²) in [4.78, 5) is 0. The SMILES string of the molecule is CSC1(CNc2nnc(CNCC(C)C)o2)CC1. The molecule has 0 aliphatic heterocycles. The molecule has 1 aliphatic rings. The van der Waals surface area contributed by atoms with Crippen LogP contribution in [0.15, 0.2) is 4.42 Å². The Morgan fingerprint density at radius 1 is 1.39 bits per heavy atom. The van der Waals surface area contributed by atoms with Gasteiger partial charge >= 0.3 is 6.01 Å². The smallest absolute Gasteiger partial charge is 0.315 e. The molecule has 1 heterocycles. The van der Waals surface area contributed by atoms with Crippen LogP contribution in [0.2, 0.25) is 0 Å². The van der Waals surface area contributed by atoms with Crippen LogP contribution in [-0.2, 0) is 6.54 Å². The second kappa shape index (κ2) is 5.93. The minimum Gasteiger partial charge on any atom is -0.407 e. The molecule has 18 heavy (non-hydrogen) atoms. The van der Waals surface area contributed by atoms with Gasteiger partial charge in [0.1, 0.15) is 0 Å². The fourth-order valence-corrected chi connectivity index (χ4v) is 2.42. The molecule has 1 aromatic heterocycles. The summed E-state index contributed by atoms with van der Waals surface area (Å²) in [6.07, 6.45) is 4.71. The largest absolute Gasteiger partial charge is 0.407 e. The maximum absolute atomic E-state index is 5.53. The summed E-state index contributed by atoms with van der Waals surface area (Å²) in [6, 6.07) is 0.539. The van der Waals surface area contributed by atoms with Crippen LogP contribution in [-0.4, -0.2) is 34.3 Å². The number of nitrogens with zero attached hydrogens (tertiary/aromatic N) is 2. The van der Waals surface area contributed by atoms with Crippen molar-refractivity contribution in [2.45, 2.75) is 38.0 Å². The summed E-state index contributed by atoms with van der Waals surface area (Å²) < 4.78 is 5.94. The van der Waals surface area contributed by atoms with Crippen molar-refractivity contribution in [1.82, 2.24) is 15.5 Å². The molecule has 5 nitrogen and oxygen atoms in total. The molecule has 6 heteroatoms. The number of anilines is 1. The Balaban J connectivity index is 1.72. The zero-order valence-electron chi connectivity index (χ0n) is 11.3. The first-order valence-electron chi connectivity index (χ1n) is 6.46. The van der Waals surface area contributed by atoms with Crippen LogP contribution in [0.1, 0.15) is 32.6 Å². The van der Waals surface area contributed by atoms with Crippen molar-refractivity contribution in [1.29, 1.82) is 0 Å². The summed E-state index contributed by atoms with van der Waals surface area (Å²) in [5.74, 6) is 1.27. The number of thioether (sulfide) groups is 1. The fourth-order valence-electron chi connectivity index (χ4n) is 1.69. The van der Waals surface area contributed by atoms with E-state index in [1.807, 2.05) is 11.8 Å². The van der Waals surface area contributed by atoms with E-state index in [-0.39, 0.29) is 0 Å². The van der Waals surface area contributed by atoms with Crippen LogP contribution in [0.4, 0.5) is 6.01 Å². The molecule has 0 aromatic carbocycles. The molecule has 0 radical (unpaired) electrons. The minimum atomic E-state index is 0.407. The van der Waals surface area contributed by atoms with E-state index in [1.165, 1.54) is 12.8 Å². The first-order chi connectivity index (χ1) is 8.63. The molecule has 2 rings (SSSR count). The van der Waals surface area contributed by atoms with Gasteiger partial charge in [-0.1, -0.05) is 18.9 Å². The fraction of sp³-hybridized carbons (Fsp3) is 0.833. The third-order valence-electron chi connectivity index (χ3n) is 3.10. The van der Waals surface area contributed by atoms with Gasteiger partial charge in [0.05, 0.1) is 6.54 Å². The summed E-state index contributed by atoms with van der Waals surface area (Å²) in [5.41, 5.74) is 0. The van der Waals surface area contributed by atoms with Gasteiger partial charge in [-0.3, -0.25) is 0 Å². The lowest BCUT2D eigenvalue weighted by Crippen LogP contribution is -2.19. The molecule has 1 saturated carbocycles. The lowest BCUT2D eigenvalue weighted by atomic mass is 10.2. The van der Waals surface area contributed by atoms with Gasteiger partial charge in [0.15, 0.2) is 0 Å². The predicted molar refractivity (Wildman–Crippen MR) is 74.8 cm³/mol. The molecular weight excluding hydrogens is 248 g/mol. The highest BCUT2D eigenvalue weighted by Gasteiger charge is 2.41. The van der Waals surface area contributed by atoms with Gasteiger partial charge in [-0.15, -0.1) is 5.10 Å². The van der Waals surface area contributed by atoms with Crippen molar-refractivity contribution in [3.05, 3.63) is 5.89 Å². The number of aromatic nitrogens is 2. The molecule has 1 aliphatic carbocycles. The van der Waals surface area contributed by atoms with E-state index in [2.05, 4.69) is 40.9 Å². The zero-order valence-corrected chi connectivity index (χ0v) is 12.1. The minimum absolute atomic E-state index is 0.407. The monoisotopic (exact) mass is 270 g/mol. The molecule has 0 bridgehead atoms. The first kappa shape index (κ1) is 13.7. The maximum atomic E-state index is 5.53. The highest BCUT2D eigenvalue weighted by atomic mass is 32.2. The van der Waals surface area contributed by atoms with Crippen molar-refractivity contribution in [3.8, 4) is 0 Å². The topological polar surface area (TPSA) is 63.0 Å². The Hall–Kier alpha value is -0.750. The Bertz CT molecular complexity index is 376. The summed E-state index contributed by atoms with van der Waals surface area (Å²) in [6.45, 7) is 6.85. The standard InChI is InChI=1S/C12H22N4OS/c1-9(2)6-13-7-10-15-16-11(17-10)14-8-12(18-3)4-5-12/h9,13H,4-8H2,1-3H3,(H,14,16). The Morgan fingerprint density at radius 3 is 2.78 bits per heavy atom. The van der Waals surface area contributed by atoms with Gasteiger partial charge in [0.25, 0.3) is 0 Å². The molecular formula is C12H22N4OS. The van der Waals surface area contributed by atoms with Crippen LogP contribution < -0.4 is 10.6 Å². The number of rotatable bonds is 8. The third-order valence-corrected chi connectivity index (χ3v) is 4.52.